The Labute approximate surface area is 266 Å². The maximum atomic E-state index is 12.9. The Morgan fingerprint density at radius 1 is 0.884 bits per heavy atom. The number of anilines is 1. The van der Waals surface area contributed by atoms with Crippen molar-refractivity contribution in [3.8, 4) is 23.3 Å². The summed E-state index contributed by atoms with van der Waals surface area (Å²) < 4.78 is 19.2. The molecule has 5 aromatic carbocycles. The van der Waals surface area contributed by atoms with Crippen LogP contribution in [-0.2, 0) is 18.0 Å². The number of benzene rings is 5. The van der Waals surface area contributed by atoms with Crippen molar-refractivity contribution in [2.45, 2.75) is 13.2 Å². The number of nitriles is 1. The third-order valence-corrected chi connectivity index (χ3v) is 7.73. The van der Waals surface area contributed by atoms with E-state index in [2.05, 4.69) is 55.4 Å². The molecule has 0 aliphatic heterocycles. The molecular weight excluding hydrogens is 672 g/mol. The lowest BCUT2D eigenvalue weighted by Crippen LogP contribution is -2.13. The molecule has 1 amide bonds. The van der Waals surface area contributed by atoms with E-state index in [1.54, 1.807) is 43.5 Å². The Kier molecular flexibility index (Phi) is 9.77. The molecule has 0 aliphatic carbocycles. The highest BCUT2D eigenvalue weighted by Crippen LogP contribution is 2.38. The summed E-state index contributed by atoms with van der Waals surface area (Å²) in [6.45, 7) is 0.762. The summed E-state index contributed by atoms with van der Waals surface area (Å²) in [4.78, 5) is 12.9. The van der Waals surface area contributed by atoms with Crippen molar-refractivity contribution < 1.29 is 19.0 Å². The van der Waals surface area contributed by atoms with Crippen LogP contribution < -0.4 is 19.5 Å². The van der Waals surface area contributed by atoms with Crippen LogP contribution in [0, 0.1) is 11.3 Å². The Balaban J connectivity index is 1.25. The minimum atomic E-state index is -0.530. The van der Waals surface area contributed by atoms with E-state index in [1.165, 1.54) is 6.08 Å². The first-order valence-electron chi connectivity index (χ1n) is 13.3. The molecule has 5 rings (SSSR count). The first-order valence-corrected chi connectivity index (χ1v) is 14.9. The van der Waals surface area contributed by atoms with Crippen LogP contribution in [0.25, 0.3) is 16.8 Å². The standard InChI is InChI=1S/C35H26Br2N2O4/c1-41-33-19-24(18-32(37)34(33)43-22-26-7-4-6-25-5-2-3-8-31(25)26)17-27(20-38)35(40)39-29-13-15-30(16-14-29)42-21-23-9-11-28(36)12-10-23/h2-19H,21-22H2,1H3,(H,39,40)/b27-17+. The molecule has 0 atom stereocenters. The van der Waals surface area contributed by atoms with Crippen molar-refractivity contribution in [1.29, 1.82) is 5.26 Å². The number of hydrogen-bond acceptors (Lipinski definition) is 5. The number of nitrogens with one attached hydrogen (secondary N) is 1. The summed E-state index contributed by atoms with van der Waals surface area (Å²) >= 11 is 6.99. The lowest BCUT2D eigenvalue weighted by molar-refractivity contribution is -0.112. The van der Waals surface area contributed by atoms with Gasteiger partial charge in [0.1, 0.15) is 30.6 Å². The largest absolute Gasteiger partial charge is 0.493 e. The van der Waals surface area contributed by atoms with Gasteiger partial charge in [0.05, 0.1) is 11.6 Å². The SMILES string of the molecule is COc1cc(/C=C(\C#N)C(=O)Nc2ccc(OCc3ccc(Br)cc3)cc2)cc(Br)c1OCc1cccc2ccccc12. The van der Waals surface area contributed by atoms with E-state index < -0.39 is 5.91 Å². The van der Waals surface area contributed by atoms with E-state index in [0.717, 1.165) is 26.4 Å². The first-order chi connectivity index (χ1) is 20.9. The van der Waals surface area contributed by atoms with Crippen LogP contribution in [0.4, 0.5) is 5.69 Å². The number of hydrogen-bond donors (Lipinski definition) is 1. The summed E-state index contributed by atoms with van der Waals surface area (Å²) in [6, 6.07) is 34.6. The number of nitrogens with zero attached hydrogens (tertiary/aromatic N) is 1. The highest BCUT2D eigenvalue weighted by Gasteiger charge is 2.15. The highest BCUT2D eigenvalue weighted by atomic mass is 79.9. The number of carbonyl (C=O) groups excluding carboxylic acids is 1. The summed E-state index contributed by atoms with van der Waals surface area (Å²) in [6.07, 6.45) is 1.51. The van der Waals surface area contributed by atoms with Crippen LogP contribution in [0.15, 0.2) is 118 Å². The zero-order valence-electron chi connectivity index (χ0n) is 23.1. The first kappa shape index (κ1) is 29.9. The summed E-state index contributed by atoms with van der Waals surface area (Å²) in [5, 5.41) is 14.8. The van der Waals surface area contributed by atoms with E-state index in [1.807, 2.05) is 54.6 Å². The zero-order valence-corrected chi connectivity index (χ0v) is 26.3. The summed E-state index contributed by atoms with van der Waals surface area (Å²) in [7, 11) is 1.55. The van der Waals surface area contributed by atoms with Gasteiger partial charge in [0.25, 0.3) is 5.91 Å². The minimum Gasteiger partial charge on any atom is -0.493 e. The van der Waals surface area contributed by atoms with Gasteiger partial charge in [-0.2, -0.15) is 5.26 Å². The van der Waals surface area contributed by atoms with Crippen molar-refractivity contribution in [3.63, 3.8) is 0 Å². The van der Waals surface area contributed by atoms with Crippen LogP contribution in [0.5, 0.6) is 17.2 Å². The van der Waals surface area contributed by atoms with Gasteiger partial charge in [0.15, 0.2) is 11.5 Å². The molecule has 0 radical (unpaired) electrons. The second-order valence-corrected chi connectivity index (χ2v) is 11.3. The van der Waals surface area contributed by atoms with Gasteiger partial charge >= 0.3 is 0 Å². The van der Waals surface area contributed by atoms with Crippen molar-refractivity contribution in [3.05, 3.63) is 134 Å². The van der Waals surface area contributed by atoms with E-state index in [9.17, 15) is 10.1 Å². The zero-order chi connectivity index (χ0) is 30.2. The Morgan fingerprint density at radius 2 is 1.63 bits per heavy atom. The van der Waals surface area contributed by atoms with Gasteiger partial charge in [-0.25, -0.2) is 0 Å². The molecule has 0 saturated carbocycles. The van der Waals surface area contributed by atoms with Crippen molar-refractivity contribution >= 4 is 60.3 Å². The maximum Gasteiger partial charge on any atom is 0.266 e. The van der Waals surface area contributed by atoms with Crippen molar-refractivity contribution in [1.82, 2.24) is 0 Å². The molecule has 5 aromatic rings. The fraction of sp³-hybridized carbons (Fsp3) is 0.0857. The van der Waals surface area contributed by atoms with Crippen LogP contribution in [0.3, 0.4) is 0 Å². The van der Waals surface area contributed by atoms with Crippen LogP contribution in [-0.4, -0.2) is 13.0 Å². The molecule has 214 valence electrons. The van der Waals surface area contributed by atoms with Gasteiger partial charge in [-0.1, -0.05) is 70.5 Å². The number of amides is 1. The molecule has 8 heteroatoms. The monoisotopic (exact) mass is 696 g/mol. The van der Waals surface area contributed by atoms with Crippen LogP contribution in [0.1, 0.15) is 16.7 Å². The molecule has 6 nitrogen and oxygen atoms in total. The summed E-state index contributed by atoms with van der Waals surface area (Å²) in [5.74, 6) is 1.13. The number of fused-ring (bicyclic) bond motifs is 1. The van der Waals surface area contributed by atoms with E-state index in [0.29, 0.717) is 46.2 Å². The number of methoxy groups -OCH3 is 1. The van der Waals surface area contributed by atoms with Gasteiger partial charge in [-0.05, 0) is 98.0 Å². The molecule has 0 heterocycles. The van der Waals surface area contributed by atoms with Crippen molar-refractivity contribution in [2.24, 2.45) is 0 Å². The van der Waals surface area contributed by atoms with Gasteiger partial charge in [-0.15, -0.1) is 0 Å². The fourth-order valence-electron chi connectivity index (χ4n) is 4.43. The molecule has 0 bridgehead atoms. The molecular formula is C35H26Br2N2O4. The third-order valence-electron chi connectivity index (χ3n) is 6.61. The third kappa shape index (κ3) is 7.63. The Bertz CT molecular complexity index is 1820. The number of ether oxygens (including phenoxy) is 3. The Hall–Kier alpha value is -4.58. The van der Waals surface area contributed by atoms with E-state index in [4.69, 9.17) is 14.2 Å². The van der Waals surface area contributed by atoms with Gasteiger partial charge < -0.3 is 19.5 Å². The molecule has 0 aliphatic rings. The van der Waals surface area contributed by atoms with Crippen LogP contribution >= 0.6 is 31.9 Å². The average Bonchev–Trinajstić information content (AvgIpc) is 3.03. The van der Waals surface area contributed by atoms with Gasteiger partial charge in [-0.3, -0.25) is 4.79 Å². The van der Waals surface area contributed by atoms with E-state index >= 15 is 0 Å². The quantitative estimate of drug-likeness (QED) is 0.116. The molecule has 0 aromatic heterocycles. The second-order valence-electron chi connectivity index (χ2n) is 9.52. The molecule has 0 unspecified atom stereocenters. The lowest BCUT2D eigenvalue weighted by Gasteiger charge is -2.15. The number of halogens is 2. The van der Waals surface area contributed by atoms with Crippen molar-refractivity contribution in [2.75, 3.05) is 12.4 Å². The van der Waals surface area contributed by atoms with Gasteiger partial charge in [0, 0.05) is 10.2 Å². The predicted octanol–water partition coefficient (Wildman–Crippen LogP) is 9.08. The molecule has 0 spiro atoms. The summed E-state index contributed by atoms with van der Waals surface area (Å²) in [5.41, 5.74) is 3.16. The highest BCUT2D eigenvalue weighted by molar-refractivity contribution is 9.10. The van der Waals surface area contributed by atoms with Crippen LogP contribution in [0.2, 0.25) is 0 Å². The second kappa shape index (κ2) is 14.1. The molecule has 1 N–H and O–H groups in total. The fourth-order valence-corrected chi connectivity index (χ4v) is 5.27. The normalized spacial score (nSPS) is 11.1. The Morgan fingerprint density at radius 3 is 2.37 bits per heavy atom. The topological polar surface area (TPSA) is 80.6 Å². The molecule has 0 saturated heterocycles. The number of rotatable bonds is 10. The molecule has 43 heavy (non-hydrogen) atoms. The van der Waals surface area contributed by atoms with E-state index in [-0.39, 0.29) is 5.57 Å². The number of carbonyl (C=O) groups is 1. The minimum absolute atomic E-state index is 0.0612. The lowest BCUT2D eigenvalue weighted by atomic mass is 10.1. The molecule has 0 fully saturated rings. The average molecular weight is 698 g/mol. The predicted molar refractivity (Wildman–Crippen MR) is 176 cm³/mol. The van der Waals surface area contributed by atoms with Gasteiger partial charge in [0.2, 0.25) is 0 Å². The maximum absolute atomic E-state index is 12.9. The smallest absolute Gasteiger partial charge is 0.266 e.